The number of nitrogens with zero attached hydrogens (tertiary/aromatic N) is 1. The van der Waals surface area contributed by atoms with E-state index in [1.54, 1.807) is 4.90 Å². The van der Waals surface area contributed by atoms with Gasteiger partial charge < -0.3 is 15.3 Å². The fraction of sp³-hybridized carbons (Fsp3) is 0.875. The molecule has 0 spiro atoms. The van der Waals surface area contributed by atoms with Crippen molar-refractivity contribution in [2.75, 3.05) is 13.1 Å². The predicted octanol–water partition coefficient (Wildman–Crippen LogP) is 2.85. The molecule has 5 heteroatoms. The summed E-state index contributed by atoms with van der Waals surface area (Å²) in [6, 6.07) is 0.186. The summed E-state index contributed by atoms with van der Waals surface area (Å²) in [6.45, 7) is 5.17. The fourth-order valence-electron chi connectivity index (χ4n) is 3.40. The van der Waals surface area contributed by atoms with Gasteiger partial charge >= 0.3 is 12.0 Å². The number of rotatable bonds is 6. The van der Waals surface area contributed by atoms with Gasteiger partial charge in [-0.2, -0.15) is 0 Å². The summed E-state index contributed by atoms with van der Waals surface area (Å²) in [5, 5.41) is 12.5. The molecule has 2 N–H and O–H groups in total. The molecule has 120 valence electrons. The summed E-state index contributed by atoms with van der Waals surface area (Å²) in [6.07, 6.45) is 6.37. The van der Waals surface area contributed by atoms with E-state index in [1.807, 2.05) is 6.92 Å². The molecular formula is C16H28N2O3. The van der Waals surface area contributed by atoms with Crippen molar-refractivity contribution in [3.8, 4) is 0 Å². The number of nitrogens with one attached hydrogen (secondary N) is 1. The van der Waals surface area contributed by atoms with Crippen LogP contribution in [0.3, 0.4) is 0 Å². The van der Waals surface area contributed by atoms with Gasteiger partial charge in [0, 0.05) is 19.1 Å². The number of hydrogen-bond donors (Lipinski definition) is 2. The summed E-state index contributed by atoms with van der Waals surface area (Å²) in [4.78, 5) is 25.5. The molecule has 21 heavy (non-hydrogen) atoms. The number of hydrogen-bond acceptors (Lipinski definition) is 2. The molecule has 0 aromatic carbocycles. The lowest BCUT2D eigenvalue weighted by atomic mass is 9.75. The first kappa shape index (κ1) is 16.1. The van der Waals surface area contributed by atoms with Gasteiger partial charge in [0.05, 0.1) is 5.41 Å². The van der Waals surface area contributed by atoms with Gasteiger partial charge in [0.25, 0.3) is 0 Å². The van der Waals surface area contributed by atoms with Crippen LogP contribution in [0.5, 0.6) is 0 Å². The quantitative estimate of drug-likeness (QED) is 0.792. The summed E-state index contributed by atoms with van der Waals surface area (Å²) >= 11 is 0. The second-order valence-electron chi connectivity index (χ2n) is 6.85. The fourth-order valence-corrected chi connectivity index (χ4v) is 3.40. The SMILES string of the molecule is CCCC1(C(=O)O)CCN(C(=O)NC(C)CC2CC2)CC1. The van der Waals surface area contributed by atoms with E-state index in [0.717, 1.165) is 18.8 Å². The van der Waals surface area contributed by atoms with Crippen molar-refractivity contribution in [2.24, 2.45) is 11.3 Å². The molecule has 1 atom stereocenters. The van der Waals surface area contributed by atoms with Crippen molar-refractivity contribution in [1.82, 2.24) is 10.2 Å². The minimum Gasteiger partial charge on any atom is -0.481 e. The molecule has 5 nitrogen and oxygen atoms in total. The molecule has 2 rings (SSSR count). The number of amides is 2. The van der Waals surface area contributed by atoms with E-state index in [1.165, 1.54) is 12.8 Å². The molecule has 2 fully saturated rings. The van der Waals surface area contributed by atoms with E-state index in [0.29, 0.717) is 32.4 Å². The maximum absolute atomic E-state index is 12.2. The minimum atomic E-state index is -0.702. The van der Waals surface area contributed by atoms with Crippen molar-refractivity contribution in [1.29, 1.82) is 0 Å². The number of carbonyl (C=O) groups is 2. The molecule has 0 aromatic rings. The van der Waals surface area contributed by atoms with Gasteiger partial charge in [-0.1, -0.05) is 26.2 Å². The molecule has 0 aromatic heterocycles. The van der Waals surface area contributed by atoms with Gasteiger partial charge in [-0.3, -0.25) is 4.79 Å². The zero-order valence-electron chi connectivity index (χ0n) is 13.2. The lowest BCUT2D eigenvalue weighted by molar-refractivity contribution is -0.152. The van der Waals surface area contributed by atoms with Crippen LogP contribution in [0.4, 0.5) is 4.79 Å². The van der Waals surface area contributed by atoms with E-state index in [-0.39, 0.29) is 12.1 Å². The standard InChI is InChI=1S/C16H28N2O3/c1-3-6-16(14(19)20)7-9-18(10-8-16)15(21)17-12(2)11-13-4-5-13/h12-13H,3-11H2,1-2H3,(H,17,21)(H,19,20). The summed E-state index contributed by atoms with van der Waals surface area (Å²) in [7, 11) is 0. The third kappa shape index (κ3) is 4.11. The predicted molar refractivity (Wildman–Crippen MR) is 81.1 cm³/mol. The van der Waals surface area contributed by atoms with Crippen LogP contribution >= 0.6 is 0 Å². The topological polar surface area (TPSA) is 69.6 Å². The van der Waals surface area contributed by atoms with E-state index in [2.05, 4.69) is 12.2 Å². The number of carbonyl (C=O) groups excluding carboxylic acids is 1. The maximum Gasteiger partial charge on any atom is 0.317 e. The molecule has 1 unspecified atom stereocenters. The van der Waals surface area contributed by atoms with Crippen LogP contribution in [-0.2, 0) is 4.79 Å². The first-order chi connectivity index (χ1) is 9.97. The minimum absolute atomic E-state index is 0.0290. The van der Waals surface area contributed by atoms with Gasteiger partial charge in [0.2, 0.25) is 0 Å². The van der Waals surface area contributed by atoms with E-state index in [4.69, 9.17) is 0 Å². The Bertz CT molecular complexity index is 385. The molecule has 1 heterocycles. The number of carboxylic acid groups (broad SMARTS) is 1. The van der Waals surface area contributed by atoms with Crippen LogP contribution in [-0.4, -0.2) is 41.1 Å². The number of carboxylic acids is 1. The number of likely N-dealkylation sites (tertiary alicyclic amines) is 1. The van der Waals surface area contributed by atoms with Crippen LogP contribution in [0.25, 0.3) is 0 Å². The van der Waals surface area contributed by atoms with Crippen LogP contribution in [0.15, 0.2) is 0 Å². The largest absolute Gasteiger partial charge is 0.481 e. The lowest BCUT2D eigenvalue weighted by Crippen LogP contribution is -2.51. The average molecular weight is 296 g/mol. The van der Waals surface area contributed by atoms with Crippen LogP contribution in [0.1, 0.15) is 58.8 Å². The smallest absolute Gasteiger partial charge is 0.317 e. The van der Waals surface area contributed by atoms with E-state index >= 15 is 0 Å². The number of aliphatic carboxylic acids is 1. The molecule has 1 saturated carbocycles. The molecule has 0 radical (unpaired) electrons. The second-order valence-corrected chi connectivity index (χ2v) is 6.85. The Hall–Kier alpha value is -1.26. The molecule has 1 aliphatic carbocycles. The highest BCUT2D eigenvalue weighted by Crippen LogP contribution is 2.36. The monoisotopic (exact) mass is 296 g/mol. The van der Waals surface area contributed by atoms with Gasteiger partial charge in [-0.05, 0) is 38.5 Å². The molecule has 0 bridgehead atoms. The van der Waals surface area contributed by atoms with Crippen molar-refractivity contribution in [3.63, 3.8) is 0 Å². The van der Waals surface area contributed by atoms with E-state index in [9.17, 15) is 14.7 Å². The Morgan fingerprint density at radius 2 is 1.95 bits per heavy atom. The molecule has 2 aliphatic rings. The summed E-state index contributed by atoms with van der Waals surface area (Å²) in [5.74, 6) is 0.0948. The van der Waals surface area contributed by atoms with Gasteiger partial charge in [-0.15, -0.1) is 0 Å². The van der Waals surface area contributed by atoms with Crippen LogP contribution < -0.4 is 5.32 Å². The van der Waals surface area contributed by atoms with Gasteiger partial charge in [0.1, 0.15) is 0 Å². The average Bonchev–Trinajstić information content (AvgIpc) is 3.23. The van der Waals surface area contributed by atoms with E-state index < -0.39 is 11.4 Å². The zero-order valence-corrected chi connectivity index (χ0v) is 13.2. The van der Waals surface area contributed by atoms with Crippen LogP contribution in [0, 0.1) is 11.3 Å². The highest BCUT2D eigenvalue weighted by molar-refractivity contribution is 5.77. The van der Waals surface area contributed by atoms with Crippen molar-refractivity contribution in [3.05, 3.63) is 0 Å². The Kier molecular flexibility index (Phi) is 5.12. The summed E-state index contributed by atoms with van der Waals surface area (Å²) < 4.78 is 0. The highest BCUT2D eigenvalue weighted by atomic mass is 16.4. The van der Waals surface area contributed by atoms with Gasteiger partial charge in [0.15, 0.2) is 0 Å². The van der Waals surface area contributed by atoms with Gasteiger partial charge in [-0.25, -0.2) is 4.79 Å². The Balaban J connectivity index is 1.81. The van der Waals surface area contributed by atoms with Crippen LogP contribution in [0.2, 0.25) is 0 Å². The number of piperidine rings is 1. The first-order valence-electron chi connectivity index (χ1n) is 8.25. The third-order valence-corrected chi connectivity index (χ3v) is 4.94. The molecular weight excluding hydrogens is 268 g/mol. The molecule has 2 amide bonds. The zero-order chi connectivity index (χ0) is 15.5. The first-order valence-corrected chi connectivity index (χ1v) is 8.25. The number of urea groups is 1. The maximum atomic E-state index is 12.2. The molecule has 1 aliphatic heterocycles. The van der Waals surface area contributed by atoms with Crippen molar-refractivity contribution in [2.45, 2.75) is 64.8 Å². The summed E-state index contributed by atoms with van der Waals surface area (Å²) in [5.41, 5.74) is -0.620. The molecule has 1 saturated heterocycles. The third-order valence-electron chi connectivity index (χ3n) is 4.94. The normalized spacial score (nSPS) is 22.7. The van der Waals surface area contributed by atoms with Crippen molar-refractivity contribution >= 4 is 12.0 Å². The Morgan fingerprint density at radius 3 is 2.43 bits per heavy atom. The Labute approximate surface area is 127 Å². The Morgan fingerprint density at radius 1 is 1.33 bits per heavy atom. The highest BCUT2D eigenvalue weighted by Gasteiger charge is 2.41. The lowest BCUT2D eigenvalue weighted by Gasteiger charge is -2.39. The second kappa shape index (κ2) is 6.67. The van der Waals surface area contributed by atoms with Crippen molar-refractivity contribution < 1.29 is 14.7 Å².